The molecule has 4 aromatic rings. The Balaban J connectivity index is 1.48. The molecule has 1 N–H and O–H groups in total. The number of fused-ring (bicyclic) bond motifs is 1. The molecule has 0 radical (unpaired) electrons. The average Bonchev–Trinajstić information content (AvgIpc) is 3.06. The number of amides is 1. The lowest BCUT2D eigenvalue weighted by Gasteiger charge is -2.19. The number of hydrogen-bond acceptors (Lipinski definition) is 3. The zero-order chi connectivity index (χ0) is 24.0. The second kappa shape index (κ2) is 10.6. The minimum absolute atomic E-state index is 0.161. The maximum absolute atomic E-state index is 12.9. The monoisotopic (exact) mass is 465 g/mol. The Morgan fingerprint density at radius 2 is 1.63 bits per heavy atom. The van der Waals surface area contributed by atoms with Crippen LogP contribution in [0.3, 0.4) is 0 Å². The summed E-state index contributed by atoms with van der Waals surface area (Å²) in [7, 11) is 0. The fourth-order valence-electron chi connectivity index (χ4n) is 4.99. The van der Waals surface area contributed by atoms with Gasteiger partial charge < -0.3 is 10.1 Å². The number of hydrogen-bond donors (Lipinski definition) is 1. The predicted molar refractivity (Wildman–Crippen MR) is 138 cm³/mol. The molecule has 0 saturated heterocycles. The highest BCUT2D eigenvalue weighted by Crippen LogP contribution is 2.39. The van der Waals surface area contributed by atoms with E-state index < -0.39 is 6.09 Å². The fourth-order valence-corrected chi connectivity index (χ4v) is 4.99. The van der Waals surface area contributed by atoms with Gasteiger partial charge in [0.2, 0.25) is 5.88 Å². The maximum atomic E-state index is 12.9. The largest absolute Gasteiger partial charge is 0.414 e. The average molecular weight is 466 g/mol. The molecule has 0 aliphatic heterocycles. The van der Waals surface area contributed by atoms with E-state index in [0.29, 0.717) is 12.4 Å². The van der Waals surface area contributed by atoms with E-state index in [9.17, 15) is 4.79 Å². The third-order valence-electron chi connectivity index (χ3n) is 6.76. The molecule has 3 aromatic carbocycles. The summed E-state index contributed by atoms with van der Waals surface area (Å²) in [4.78, 5) is 12.9. The van der Waals surface area contributed by atoms with E-state index in [-0.39, 0.29) is 12.0 Å². The van der Waals surface area contributed by atoms with Crippen molar-refractivity contribution >= 4 is 6.09 Å². The SMILES string of the molecule is C[C@H](NC(=O)Oc1nn(Cc2ccccc2)c2c1CCCCC2c1ccccc1)c1ccccc1. The van der Waals surface area contributed by atoms with Gasteiger partial charge in [-0.25, -0.2) is 4.79 Å². The summed E-state index contributed by atoms with van der Waals surface area (Å²) in [6, 6.07) is 30.7. The Labute approximate surface area is 206 Å². The van der Waals surface area contributed by atoms with Crippen molar-refractivity contribution in [1.29, 1.82) is 0 Å². The van der Waals surface area contributed by atoms with Crippen LogP contribution in [0.15, 0.2) is 91.0 Å². The Morgan fingerprint density at radius 3 is 2.34 bits per heavy atom. The maximum Gasteiger partial charge on any atom is 0.414 e. The third kappa shape index (κ3) is 5.29. The molecule has 2 atom stereocenters. The van der Waals surface area contributed by atoms with E-state index in [0.717, 1.165) is 42.5 Å². The highest BCUT2D eigenvalue weighted by Gasteiger charge is 2.30. The zero-order valence-corrected chi connectivity index (χ0v) is 20.1. The summed E-state index contributed by atoms with van der Waals surface area (Å²) in [6.45, 7) is 2.59. The molecule has 1 aromatic heterocycles. The molecule has 0 fully saturated rings. The van der Waals surface area contributed by atoms with Gasteiger partial charge in [-0.05, 0) is 42.9 Å². The molecule has 5 nitrogen and oxygen atoms in total. The molecule has 0 saturated carbocycles. The summed E-state index contributed by atoms with van der Waals surface area (Å²) in [5.41, 5.74) is 5.69. The van der Waals surface area contributed by atoms with Crippen LogP contribution >= 0.6 is 0 Å². The van der Waals surface area contributed by atoms with Crippen LogP contribution in [0.25, 0.3) is 0 Å². The quantitative estimate of drug-likeness (QED) is 0.325. The Bertz CT molecular complexity index is 1250. The van der Waals surface area contributed by atoms with Crippen molar-refractivity contribution in [3.8, 4) is 5.88 Å². The second-order valence-electron chi connectivity index (χ2n) is 9.19. The summed E-state index contributed by atoms with van der Waals surface area (Å²) >= 11 is 0. The Morgan fingerprint density at radius 1 is 0.971 bits per heavy atom. The lowest BCUT2D eigenvalue weighted by molar-refractivity contribution is 0.194. The van der Waals surface area contributed by atoms with E-state index in [1.54, 1.807) is 0 Å². The first-order valence-electron chi connectivity index (χ1n) is 12.4. The summed E-state index contributed by atoms with van der Waals surface area (Å²) in [6.07, 6.45) is 3.59. The number of benzene rings is 3. The van der Waals surface area contributed by atoms with E-state index in [1.807, 2.05) is 55.5 Å². The molecule has 1 amide bonds. The van der Waals surface area contributed by atoms with Gasteiger partial charge in [-0.2, -0.15) is 0 Å². The van der Waals surface area contributed by atoms with E-state index in [4.69, 9.17) is 9.84 Å². The van der Waals surface area contributed by atoms with Crippen molar-refractivity contribution in [3.05, 3.63) is 119 Å². The number of carbonyl (C=O) groups is 1. The fraction of sp³-hybridized carbons (Fsp3) is 0.267. The van der Waals surface area contributed by atoms with Crippen LogP contribution < -0.4 is 10.1 Å². The first-order chi connectivity index (χ1) is 17.2. The standard InChI is InChI=1S/C30H31N3O2/c1-22(24-15-7-3-8-16-24)31-30(34)35-29-27-20-12-11-19-26(25-17-9-4-10-18-25)28(27)33(32-29)21-23-13-5-2-6-14-23/h2-10,13-18,22,26H,11-12,19-21H2,1H3,(H,31,34)/t22-,26?/m0/s1. The summed E-state index contributed by atoms with van der Waals surface area (Å²) < 4.78 is 7.93. The molecule has 5 rings (SSSR count). The normalized spacial score (nSPS) is 16.1. The van der Waals surface area contributed by atoms with Crippen LogP contribution in [0, 0.1) is 0 Å². The van der Waals surface area contributed by atoms with E-state index >= 15 is 0 Å². The van der Waals surface area contributed by atoms with Crippen LogP contribution in [0.1, 0.15) is 66.1 Å². The topological polar surface area (TPSA) is 56.1 Å². The number of aromatic nitrogens is 2. The lowest BCUT2D eigenvalue weighted by atomic mass is 9.91. The number of nitrogens with zero attached hydrogens (tertiary/aromatic N) is 2. The highest BCUT2D eigenvalue weighted by molar-refractivity contribution is 5.71. The van der Waals surface area contributed by atoms with Crippen molar-refractivity contribution in [2.75, 3.05) is 0 Å². The molecule has 0 spiro atoms. The van der Waals surface area contributed by atoms with Gasteiger partial charge in [0.25, 0.3) is 0 Å². The first-order valence-corrected chi connectivity index (χ1v) is 12.4. The van der Waals surface area contributed by atoms with Gasteiger partial charge in [-0.15, -0.1) is 5.10 Å². The van der Waals surface area contributed by atoms with Gasteiger partial charge in [0, 0.05) is 11.5 Å². The van der Waals surface area contributed by atoms with Crippen LogP contribution in [0.4, 0.5) is 4.79 Å². The van der Waals surface area contributed by atoms with E-state index in [2.05, 4.69) is 52.5 Å². The minimum Gasteiger partial charge on any atom is -0.389 e. The van der Waals surface area contributed by atoms with Crippen LogP contribution in [-0.4, -0.2) is 15.9 Å². The molecule has 1 aliphatic carbocycles. The van der Waals surface area contributed by atoms with Gasteiger partial charge in [0.15, 0.2) is 0 Å². The van der Waals surface area contributed by atoms with Crippen molar-refractivity contribution in [1.82, 2.24) is 15.1 Å². The Kier molecular flexibility index (Phi) is 6.94. The lowest BCUT2D eigenvalue weighted by Crippen LogP contribution is -2.30. The molecule has 178 valence electrons. The third-order valence-corrected chi connectivity index (χ3v) is 6.76. The zero-order valence-electron chi connectivity index (χ0n) is 20.1. The predicted octanol–water partition coefficient (Wildman–Crippen LogP) is 6.64. The van der Waals surface area contributed by atoms with Gasteiger partial charge in [-0.1, -0.05) is 97.4 Å². The van der Waals surface area contributed by atoms with Crippen LogP contribution in [0.5, 0.6) is 5.88 Å². The molecular formula is C30H31N3O2. The molecule has 0 bridgehead atoms. The summed E-state index contributed by atoms with van der Waals surface area (Å²) in [5, 5.41) is 7.82. The first kappa shape index (κ1) is 22.9. The number of nitrogens with one attached hydrogen (secondary N) is 1. The molecule has 1 heterocycles. The van der Waals surface area contributed by atoms with E-state index in [1.165, 1.54) is 11.1 Å². The summed E-state index contributed by atoms with van der Waals surface area (Å²) in [5.74, 6) is 0.644. The van der Waals surface area contributed by atoms with Crippen LogP contribution in [-0.2, 0) is 13.0 Å². The van der Waals surface area contributed by atoms with Crippen molar-refractivity contribution in [2.45, 2.75) is 51.1 Å². The molecule has 1 unspecified atom stereocenters. The minimum atomic E-state index is -0.478. The van der Waals surface area contributed by atoms with Gasteiger partial charge in [0.1, 0.15) is 0 Å². The van der Waals surface area contributed by atoms with Crippen LogP contribution in [0.2, 0.25) is 0 Å². The Hall–Kier alpha value is -3.86. The van der Waals surface area contributed by atoms with Gasteiger partial charge >= 0.3 is 6.09 Å². The smallest absolute Gasteiger partial charge is 0.389 e. The van der Waals surface area contributed by atoms with Gasteiger partial charge in [0.05, 0.1) is 18.3 Å². The molecular weight excluding hydrogens is 434 g/mol. The van der Waals surface area contributed by atoms with Crippen molar-refractivity contribution in [2.24, 2.45) is 0 Å². The number of rotatable bonds is 6. The second-order valence-corrected chi connectivity index (χ2v) is 9.19. The number of carbonyl (C=O) groups excluding carboxylic acids is 1. The molecule has 5 heteroatoms. The number of ether oxygens (including phenoxy) is 1. The van der Waals surface area contributed by atoms with Crippen molar-refractivity contribution < 1.29 is 9.53 Å². The van der Waals surface area contributed by atoms with Gasteiger partial charge in [-0.3, -0.25) is 4.68 Å². The van der Waals surface area contributed by atoms with Crippen molar-refractivity contribution in [3.63, 3.8) is 0 Å². The molecule has 1 aliphatic rings. The molecule has 35 heavy (non-hydrogen) atoms. The highest BCUT2D eigenvalue weighted by atomic mass is 16.6.